The lowest BCUT2D eigenvalue weighted by atomic mass is 9.84. The van der Waals surface area contributed by atoms with Crippen molar-refractivity contribution >= 4 is 15.9 Å². The molecule has 28 heavy (non-hydrogen) atoms. The molecule has 0 spiro atoms. The molecule has 0 radical (unpaired) electrons. The average Bonchev–Trinajstić information content (AvgIpc) is 3.18. The van der Waals surface area contributed by atoms with E-state index in [2.05, 4.69) is 22.0 Å². The Hall–Kier alpha value is -2.56. The Morgan fingerprint density at radius 2 is 2.18 bits per heavy atom. The Kier molecular flexibility index (Phi) is 5.00. The average molecular weight is 442 g/mol. The van der Waals surface area contributed by atoms with Crippen molar-refractivity contribution in [2.24, 2.45) is 5.73 Å². The molecule has 0 amide bonds. The van der Waals surface area contributed by atoms with Crippen LogP contribution in [-0.2, 0) is 11.3 Å². The number of aryl methyl sites for hydroxylation is 1. The van der Waals surface area contributed by atoms with Gasteiger partial charge in [-0.1, -0.05) is 34.1 Å². The SMILES string of the molecule is Cc1cc2c(c(=O)n1C[C@@H]1CCCO1)[C@H](c1ccccc1Br)C(C#N)=C(N)O2. The molecule has 2 atom stereocenters. The second-order valence-electron chi connectivity index (χ2n) is 7.06. The highest BCUT2D eigenvalue weighted by Gasteiger charge is 2.35. The molecule has 6 nitrogen and oxygen atoms in total. The number of nitrogens with two attached hydrogens (primary N) is 1. The summed E-state index contributed by atoms with van der Waals surface area (Å²) in [6.45, 7) is 3.08. The van der Waals surface area contributed by atoms with Gasteiger partial charge in [-0.3, -0.25) is 4.79 Å². The molecule has 2 aliphatic heterocycles. The van der Waals surface area contributed by atoms with Gasteiger partial charge in [-0.2, -0.15) is 5.26 Å². The van der Waals surface area contributed by atoms with Crippen LogP contribution in [0.25, 0.3) is 0 Å². The standard InChI is InChI=1S/C21H20BrN3O3/c1-12-9-17-19(21(26)25(12)11-13-5-4-8-27-13)18(15(10-23)20(24)28-17)14-6-2-3-7-16(14)22/h2-3,6-7,9,13,18H,4-5,8,11,24H2,1H3/t13-,18+/m0/s1. The Bertz CT molecular complexity index is 1060. The number of hydrogen-bond acceptors (Lipinski definition) is 5. The molecule has 1 aromatic heterocycles. The van der Waals surface area contributed by atoms with Gasteiger partial charge in [-0.25, -0.2) is 0 Å². The summed E-state index contributed by atoms with van der Waals surface area (Å²) in [5.41, 5.74) is 8.12. The number of nitriles is 1. The largest absolute Gasteiger partial charge is 0.440 e. The lowest BCUT2D eigenvalue weighted by molar-refractivity contribution is 0.0955. The minimum Gasteiger partial charge on any atom is -0.440 e. The van der Waals surface area contributed by atoms with Gasteiger partial charge in [0.2, 0.25) is 5.88 Å². The fourth-order valence-corrected chi connectivity index (χ4v) is 4.44. The summed E-state index contributed by atoms with van der Waals surface area (Å²) in [5.74, 6) is -0.150. The maximum Gasteiger partial charge on any atom is 0.258 e. The fourth-order valence-electron chi connectivity index (χ4n) is 3.93. The van der Waals surface area contributed by atoms with Crippen LogP contribution in [0.15, 0.2) is 51.1 Å². The first-order chi connectivity index (χ1) is 13.5. The van der Waals surface area contributed by atoms with E-state index in [1.807, 2.05) is 37.3 Å². The predicted molar refractivity (Wildman–Crippen MR) is 108 cm³/mol. The lowest BCUT2D eigenvalue weighted by Crippen LogP contribution is -2.35. The second kappa shape index (κ2) is 7.46. The first-order valence-corrected chi connectivity index (χ1v) is 9.98. The summed E-state index contributed by atoms with van der Waals surface area (Å²) in [4.78, 5) is 13.5. The molecule has 0 bridgehead atoms. The minimum absolute atomic E-state index is 0.0249. The molecule has 7 heteroatoms. The zero-order chi connectivity index (χ0) is 19.8. The molecule has 1 aromatic carbocycles. The quantitative estimate of drug-likeness (QED) is 0.788. The molecule has 2 aliphatic rings. The number of pyridine rings is 1. The number of hydrogen-bond donors (Lipinski definition) is 1. The third-order valence-electron chi connectivity index (χ3n) is 5.32. The number of rotatable bonds is 3. The second-order valence-corrected chi connectivity index (χ2v) is 7.92. The molecule has 2 aromatic rings. The van der Waals surface area contributed by atoms with E-state index < -0.39 is 5.92 Å². The Labute approximate surface area is 171 Å². The van der Waals surface area contributed by atoms with Crippen molar-refractivity contribution < 1.29 is 9.47 Å². The van der Waals surface area contributed by atoms with Crippen molar-refractivity contribution in [1.29, 1.82) is 5.26 Å². The van der Waals surface area contributed by atoms with E-state index in [0.29, 0.717) is 17.9 Å². The zero-order valence-electron chi connectivity index (χ0n) is 15.4. The van der Waals surface area contributed by atoms with E-state index in [1.165, 1.54) is 0 Å². The van der Waals surface area contributed by atoms with Gasteiger partial charge in [-0.05, 0) is 31.4 Å². The van der Waals surface area contributed by atoms with Crippen molar-refractivity contribution in [3.8, 4) is 11.8 Å². The number of nitrogens with zero attached hydrogens (tertiary/aromatic N) is 2. The minimum atomic E-state index is -0.590. The molecule has 0 aliphatic carbocycles. The van der Waals surface area contributed by atoms with Gasteiger partial charge in [0, 0.05) is 22.8 Å². The van der Waals surface area contributed by atoms with Crippen molar-refractivity contribution in [3.63, 3.8) is 0 Å². The number of aromatic nitrogens is 1. The highest BCUT2D eigenvalue weighted by atomic mass is 79.9. The van der Waals surface area contributed by atoms with E-state index in [-0.39, 0.29) is 23.1 Å². The summed E-state index contributed by atoms with van der Waals surface area (Å²) < 4.78 is 13.9. The summed E-state index contributed by atoms with van der Waals surface area (Å²) in [5, 5.41) is 9.74. The third kappa shape index (κ3) is 3.13. The van der Waals surface area contributed by atoms with Crippen LogP contribution in [0.3, 0.4) is 0 Å². The van der Waals surface area contributed by atoms with Gasteiger partial charge in [0.25, 0.3) is 5.56 Å². The first-order valence-electron chi connectivity index (χ1n) is 9.19. The van der Waals surface area contributed by atoms with Crippen LogP contribution in [0, 0.1) is 18.3 Å². The van der Waals surface area contributed by atoms with Crippen molar-refractivity contribution in [3.05, 3.63) is 73.4 Å². The predicted octanol–water partition coefficient (Wildman–Crippen LogP) is 3.32. The van der Waals surface area contributed by atoms with E-state index in [4.69, 9.17) is 15.2 Å². The normalized spacial score (nSPS) is 21.2. The number of fused-ring (bicyclic) bond motifs is 1. The van der Waals surface area contributed by atoms with Crippen LogP contribution >= 0.6 is 15.9 Å². The Balaban J connectivity index is 1.92. The van der Waals surface area contributed by atoms with Crippen LogP contribution in [0.5, 0.6) is 5.75 Å². The molecular weight excluding hydrogens is 422 g/mol. The van der Waals surface area contributed by atoms with Crippen molar-refractivity contribution in [2.75, 3.05) is 6.61 Å². The highest BCUT2D eigenvalue weighted by molar-refractivity contribution is 9.10. The van der Waals surface area contributed by atoms with Gasteiger partial charge in [-0.15, -0.1) is 0 Å². The molecular formula is C21H20BrN3O3. The van der Waals surface area contributed by atoms with Gasteiger partial charge >= 0.3 is 0 Å². The van der Waals surface area contributed by atoms with Crippen LogP contribution in [0.1, 0.15) is 35.6 Å². The number of halogens is 1. The van der Waals surface area contributed by atoms with Crippen LogP contribution in [0.2, 0.25) is 0 Å². The fraction of sp³-hybridized carbons (Fsp3) is 0.333. The van der Waals surface area contributed by atoms with Gasteiger partial charge in [0.05, 0.1) is 24.1 Å². The zero-order valence-corrected chi connectivity index (χ0v) is 17.0. The first kappa shape index (κ1) is 18.8. The number of ether oxygens (including phenoxy) is 2. The van der Waals surface area contributed by atoms with Gasteiger partial charge in [0.1, 0.15) is 17.4 Å². The monoisotopic (exact) mass is 441 g/mol. The maximum absolute atomic E-state index is 13.5. The number of benzene rings is 1. The molecule has 144 valence electrons. The summed E-state index contributed by atoms with van der Waals surface area (Å²) in [7, 11) is 0. The molecule has 2 N–H and O–H groups in total. The molecule has 0 unspecified atom stereocenters. The smallest absolute Gasteiger partial charge is 0.258 e. The Morgan fingerprint density at radius 3 is 2.86 bits per heavy atom. The Morgan fingerprint density at radius 1 is 1.39 bits per heavy atom. The van der Waals surface area contributed by atoms with Crippen molar-refractivity contribution in [2.45, 2.75) is 38.3 Å². The maximum atomic E-state index is 13.5. The van der Waals surface area contributed by atoms with Crippen LogP contribution in [-0.4, -0.2) is 17.3 Å². The van der Waals surface area contributed by atoms with E-state index in [1.54, 1.807) is 4.57 Å². The van der Waals surface area contributed by atoms with Gasteiger partial charge < -0.3 is 19.8 Å². The summed E-state index contributed by atoms with van der Waals surface area (Å²) >= 11 is 3.55. The van der Waals surface area contributed by atoms with Gasteiger partial charge in [0.15, 0.2) is 0 Å². The molecule has 4 rings (SSSR count). The molecule has 0 saturated carbocycles. The highest BCUT2D eigenvalue weighted by Crippen LogP contribution is 2.42. The molecule has 3 heterocycles. The third-order valence-corrected chi connectivity index (χ3v) is 6.04. The summed E-state index contributed by atoms with van der Waals surface area (Å²) in [6.07, 6.45) is 1.96. The van der Waals surface area contributed by atoms with Crippen LogP contribution < -0.4 is 16.0 Å². The lowest BCUT2D eigenvalue weighted by Gasteiger charge is -2.28. The number of allylic oxidation sites excluding steroid dienone is 1. The van der Waals surface area contributed by atoms with E-state index >= 15 is 0 Å². The van der Waals surface area contributed by atoms with Crippen molar-refractivity contribution in [1.82, 2.24) is 4.57 Å². The molecule has 1 fully saturated rings. The van der Waals surface area contributed by atoms with Crippen LogP contribution in [0.4, 0.5) is 0 Å². The molecule has 1 saturated heterocycles. The summed E-state index contributed by atoms with van der Waals surface area (Å²) in [6, 6.07) is 11.5. The van der Waals surface area contributed by atoms with E-state index in [9.17, 15) is 10.1 Å². The topological polar surface area (TPSA) is 90.3 Å². The van der Waals surface area contributed by atoms with E-state index in [0.717, 1.165) is 35.2 Å².